The molecule has 3 heteroatoms. The minimum absolute atomic E-state index is 0.302. The first-order valence-corrected chi connectivity index (χ1v) is 6.70. The van der Waals surface area contributed by atoms with Crippen molar-refractivity contribution in [2.24, 2.45) is 0 Å². The fraction of sp³-hybridized carbons (Fsp3) is 0.571. The first kappa shape index (κ1) is 14.5. The third kappa shape index (κ3) is 6.06. The summed E-state index contributed by atoms with van der Waals surface area (Å²) in [4.78, 5) is 0. The molecular formula is C14H22ClNO. The molecule has 0 bridgehead atoms. The largest absolute Gasteiger partial charge is 0.372 e. The maximum absolute atomic E-state index is 5.90. The molecule has 0 aliphatic rings. The van der Waals surface area contributed by atoms with Gasteiger partial charge < -0.3 is 10.1 Å². The van der Waals surface area contributed by atoms with E-state index in [1.807, 2.05) is 24.3 Å². The molecule has 1 unspecified atom stereocenters. The molecule has 1 atom stereocenters. The van der Waals surface area contributed by atoms with Crippen molar-refractivity contribution >= 4 is 11.6 Å². The zero-order chi connectivity index (χ0) is 12.5. The van der Waals surface area contributed by atoms with E-state index in [0.717, 1.165) is 31.0 Å². The van der Waals surface area contributed by atoms with Crippen LogP contribution in [0, 0.1) is 0 Å². The van der Waals surface area contributed by atoms with Gasteiger partial charge in [-0.3, -0.25) is 0 Å². The highest BCUT2D eigenvalue weighted by molar-refractivity contribution is 6.30. The Morgan fingerprint density at radius 3 is 2.53 bits per heavy atom. The van der Waals surface area contributed by atoms with E-state index in [4.69, 9.17) is 16.3 Å². The Labute approximate surface area is 109 Å². The topological polar surface area (TPSA) is 21.3 Å². The summed E-state index contributed by atoms with van der Waals surface area (Å²) < 4.78 is 5.90. The van der Waals surface area contributed by atoms with Gasteiger partial charge in [0, 0.05) is 11.6 Å². The van der Waals surface area contributed by atoms with Crippen LogP contribution in [-0.4, -0.2) is 19.2 Å². The molecule has 1 rings (SSSR count). The van der Waals surface area contributed by atoms with Gasteiger partial charge in [0.25, 0.3) is 0 Å². The molecular weight excluding hydrogens is 234 g/mol. The molecule has 0 fully saturated rings. The van der Waals surface area contributed by atoms with Gasteiger partial charge in [0.1, 0.15) is 0 Å². The van der Waals surface area contributed by atoms with Crippen molar-refractivity contribution in [1.29, 1.82) is 0 Å². The zero-order valence-electron chi connectivity index (χ0n) is 10.7. The number of benzene rings is 1. The van der Waals surface area contributed by atoms with Crippen LogP contribution < -0.4 is 5.32 Å². The number of nitrogens with one attached hydrogen (secondary N) is 1. The van der Waals surface area contributed by atoms with Gasteiger partial charge >= 0.3 is 0 Å². The van der Waals surface area contributed by atoms with E-state index in [1.54, 1.807) is 0 Å². The van der Waals surface area contributed by atoms with E-state index in [-0.39, 0.29) is 0 Å². The number of halogens is 1. The highest BCUT2D eigenvalue weighted by Crippen LogP contribution is 2.12. The normalized spacial score (nSPS) is 12.6. The molecule has 0 amide bonds. The molecule has 2 nitrogen and oxygen atoms in total. The molecule has 0 heterocycles. The SMILES string of the molecule is CCCC(CNCC)OCc1ccc(Cl)cc1. The van der Waals surface area contributed by atoms with Gasteiger partial charge in [-0.2, -0.15) is 0 Å². The number of hydrogen-bond donors (Lipinski definition) is 1. The Morgan fingerprint density at radius 2 is 1.94 bits per heavy atom. The van der Waals surface area contributed by atoms with Crippen molar-refractivity contribution in [2.75, 3.05) is 13.1 Å². The molecule has 1 N–H and O–H groups in total. The molecule has 1 aromatic carbocycles. The summed E-state index contributed by atoms with van der Waals surface area (Å²) in [7, 11) is 0. The number of hydrogen-bond acceptors (Lipinski definition) is 2. The van der Waals surface area contributed by atoms with Crippen LogP contribution in [0.15, 0.2) is 24.3 Å². The number of likely N-dealkylation sites (N-methyl/N-ethyl adjacent to an activating group) is 1. The lowest BCUT2D eigenvalue weighted by Gasteiger charge is -2.17. The van der Waals surface area contributed by atoms with Crippen molar-refractivity contribution in [1.82, 2.24) is 5.32 Å². The first-order valence-electron chi connectivity index (χ1n) is 6.33. The Kier molecular flexibility index (Phi) is 7.25. The Balaban J connectivity index is 2.37. The summed E-state index contributed by atoms with van der Waals surface area (Å²) in [5.74, 6) is 0. The lowest BCUT2D eigenvalue weighted by molar-refractivity contribution is 0.0351. The molecule has 0 radical (unpaired) electrons. The summed E-state index contributed by atoms with van der Waals surface area (Å²) in [6, 6.07) is 7.83. The average molecular weight is 256 g/mol. The quantitative estimate of drug-likeness (QED) is 0.766. The van der Waals surface area contributed by atoms with Gasteiger partial charge in [0.05, 0.1) is 12.7 Å². The molecule has 0 saturated heterocycles. The van der Waals surface area contributed by atoms with Crippen molar-refractivity contribution < 1.29 is 4.74 Å². The number of rotatable bonds is 8. The highest BCUT2D eigenvalue weighted by atomic mass is 35.5. The minimum Gasteiger partial charge on any atom is -0.372 e. The van der Waals surface area contributed by atoms with E-state index < -0.39 is 0 Å². The van der Waals surface area contributed by atoms with Gasteiger partial charge in [-0.1, -0.05) is 44.0 Å². The second-order valence-corrected chi connectivity index (χ2v) is 4.59. The fourth-order valence-corrected chi connectivity index (χ4v) is 1.79. The van der Waals surface area contributed by atoms with Crippen LogP contribution in [0.2, 0.25) is 5.02 Å². The highest BCUT2D eigenvalue weighted by Gasteiger charge is 2.07. The molecule has 1 aromatic rings. The number of ether oxygens (including phenoxy) is 1. The molecule has 96 valence electrons. The van der Waals surface area contributed by atoms with Crippen LogP contribution in [0.25, 0.3) is 0 Å². The maximum Gasteiger partial charge on any atom is 0.0721 e. The Bertz CT molecular complexity index is 300. The van der Waals surface area contributed by atoms with Crippen molar-refractivity contribution in [3.05, 3.63) is 34.9 Å². The second-order valence-electron chi connectivity index (χ2n) is 4.16. The van der Waals surface area contributed by atoms with Crippen LogP contribution in [0.4, 0.5) is 0 Å². The lowest BCUT2D eigenvalue weighted by Crippen LogP contribution is -2.28. The van der Waals surface area contributed by atoms with Crippen LogP contribution in [0.3, 0.4) is 0 Å². The maximum atomic E-state index is 5.90. The summed E-state index contributed by atoms with van der Waals surface area (Å²) in [6.07, 6.45) is 2.55. The van der Waals surface area contributed by atoms with Crippen molar-refractivity contribution in [3.8, 4) is 0 Å². The van der Waals surface area contributed by atoms with E-state index in [2.05, 4.69) is 19.2 Å². The van der Waals surface area contributed by atoms with Crippen molar-refractivity contribution in [3.63, 3.8) is 0 Å². The standard InChI is InChI=1S/C14H22ClNO/c1-3-5-14(10-16-4-2)17-11-12-6-8-13(15)9-7-12/h6-9,14,16H,3-5,10-11H2,1-2H3. The van der Waals surface area contributed by atoms with E-state index in [1.165, 1.54) is 5.56 Å². The Morgan fingerprint density at radius 1 is 1.24 bits per heavy atom. The summed E-state index contributed by atoms with van der Waals surface area (Å²) in [5.41, 5.74) is 1.17. The average Bonchev–Trinajstić information content (AvgIpc) is 2.35. The third-order valence-electron chi connectivity index (χ3n) is 2.63. The Hall–Kier alpha value is -0.570. The molecule has 0 aliphatic heterocycles. The lowest BCUT2D eigenvalue weighted by atomic mass is 10.2. The van der Waals surface area contributed by atoms with Gasteiger partial charge in [0.2, 0.25) is 0 Å². The zero-order valence-corrected chi connectivity index (χ0v) is 11.5. The second kappa shape index (κ2) is 8.51. The first-order chi connectivity index (χ1) is 8.26. The predicted molar refractivity (Wildman–Crippen MR) is 73.5 cm³/mol. The van der Waals surface area contributed by atoms with Gasteiger partial charge in [-0.15, -0.1) is 0 Å². The van der Waals surface area contributed by atoms with Gasteiger partial charge in [-0.05, 0) is 30.7 Å². The van der Waals surface area contributed by atoms with Crippen LogP contribution in [0.5, 0.6) is 0 Å². The van der Waals surface area contributed by atoms with Gasteiger partial charge in [0.15, 0.2) is 0 Å². The molecule has 0 aromatic heterocycles. The van der Waals surface area contributed by atoms with Gasteiger partial charge in [-0.25, -0.2) is 0 Å². The smallest absolute Gasteiger partial charge is 0.0721 e. The predicted octanol–water partition coefficient (Wildman–Crippen LogP) is 3.63. The van der Waals surface area contributed by atoms with E-state index in [0.29, 0.717) is 12.7 Å². The van der Waals surface area contributed by atoms with E-state index in [9.17, 15) is 0 Å². The summed E-state index contributed by atoms with van der Waals surface area (Å²) in [6.45, 7) is 6.88. The molecule has 0 spiro atoms. The van der Waals surface area contributed by atoms with Crippen LogP contribution in [0.1, 0.15) is 32.3 Å². The molecule has 0 saturated carbocycles. The minimum atomic E-state index is 0.302. The third-order valence-corrected chi connectivity index (χ3v) is 2.88. The fourth-order valence-electron chi connectivity index (χ4n) is 1.67. The summed E-state index contributed by atoms with van der Waals surface area (Å²) >= 11 is 5.84. The van der Waals surface area contributed by atoms with E-state index >= 15 is 0 Å². The summed E-state index contributed by atoms with van der Waals surface area (Å²) in [5, 5.41) is 4.10. The van der Waals surface area contributed by atoms with Crippen LogP contribution >= 0.6 is 11.6 Å². The monoisotopic (exact) mass is 255 g/mol. The molecule has 0 aliphatic carbocycles. The van der Waals surface area contributed by atoms with Crippen LogP contribution in [-0.2, 0) is 11.3 Å². The molecule has 17 heavy (non-hydrogen) atoms. The van der Waals surface area contributed by atoms with Crippen molar-refractivity contribution in [2.45, 2.75) is 39.4 Å².